The third-order valence-corrected chi connectivity index (χ3v) is 3.02. The molecular formula is C11H16F3NO4S. The van der Waals surface area contributed by atoms with Gasteiger partial charge in [0.15, 0.2) is 6.10 Å². The number of benzene rings is 1. The average Bonchev–Trinajstić information content (AvgIpc) is 2.26. The van der Waals surface area contributed by atoms with Crippen molar-refractivity contribution in [3.05, 3.63) is 29.8 Å². The molecule has 0 spiro atoms. The largest absolute Gasteiger partial charge is 0.415 e. The zero-order valence-corrected chi connectivity index (χ0v) is 11.6. The van der Waals surface area contributed by atoms with E-state index >= 15 is 0 Å². The maximum atomic E-state index is 11.4. The maximum absolute atomic E-state index is 11.4. The fourth-order valence-electron chi connectivity index (χ4n) is 1.01. The van der Waals surface area contributed by atoms with Crippen LogP contribution >= 0.6 is 0 Å². The van der Waals surface area contributed by atoms with Gasteiger partial charge in [-0.05, 0) is 26.0 Å². The number of hydrogen-bond acceptors (Lipinski definition) is 4. The van der Waals surface area contributed by atoms with Crippen molar-refractivity contribution in [1.29, 1.82) is 0 Å². The van der Waals surface area contributed by atoms with Crippen LogP contribution in [-0.4, -0.2) is 36.4 Å². The van der Waals surface area contributed by atoms with E-state index < -0.39 is 28.4 Å². The van der Waals surface area contributed by atoms with E-state index in [0.29, 0.717) is 0 Å². The Kier molecular flexibility index (Phi) is 6.62. The number of aliphatic hydroxyl groups is 1. The van der Waals surface area contributed by atoms with Crippen LogP contribution in [0.4, 0.5) is 13.2 Å². The smallest absolute Gasteiger partial charge is 0.382 e. The first-order valence-electron chi connectivity index (χ1n) is 5.40. The molecule has 9 heteroatoms. The van der Waals surface area contributed by atoms with Crippen molar-refractivity contribution < 1.29 is 31.2 Å². The lowest BCUT2D eigenvalue weighted by Gasteiger charge is -2.16. The van der Waals surface area contributed by atoms with Crippen molar-refractivity contribution in [2.75, 3.05) is 0 Å². The third-order valence-electron chi connectivity index (χ3n) is 2.15. The van der Waals surface area contributed by atoms with Crippen molar-refractivity contribution in [2.45, 2.75) is 37.1 Å². The molecular weight excluding hydrogens is 299 g/mol. The summed E-state index contributed by atoms with van der Waals surface area (Å²) in [6.45, 7) is 2.94. The Labute approximate surface area is 115 Å². The van der Waals surface area contributed by atoms with Crippen LogP contribution in [0.15, 0.2) is 29.2 Å². The van der Waals surface area contributed by atoms with Crippen molar-refractivity contribution in [2.24, 2.45) is 5.73 Å². The lowest BCUT2D eigenvalue weighted by Crippen LogP contribution is -2.42. The average molecular weight is 315 g/mol. The van der Waals surface area contributed by atoms with Crippen LogP contribution < -0.4 is 5.73 Å². The molecule has 116 valence electrons. The van der Waals surface area contributed by atoms with Gasteiger partial charge < -0.3 is 10.8 Å². The van der Waals surface area contributed by atoms with E-state index in [1.165, 1.54) is 12.1 Å². The van der Waals surface area contributed by atoms with Gasteiger partial charge in [-0.1, -0.05) is 17.7 Å². The first kappa shape index (κ1) is 18.8. The van der Waals surface area contributed by atoms with Crippen LogP contribution in [0.5, 0.6) is 0 Å². The summed E-state index contributed by atoms with van der Waals surface area (Å²) < 4.78 is 63.7. The first-order chi connectivity index (χ1) is 8.85. The van der Waals surface area contributed by atoms with Crippen molar-refractivity contribution in [3.8, 4) is 0 Å². The highest BCUT2D eigenvalue weighted by Gasteiger charge is 2.40. The van der Waals surface area contributed by atoms with Crippen molar-refractivity contribution >= 4 is 10.1 Å². The number of aryl methyl sites for hydroxylation is 1. The number of alkyl halides is 3. The number of aliphatic hydroxyl groups excluding tert-OH is 1. The predicted octanol–water partition coefficient (Wildman–Crippen LogP) is 1.50. The lowest BCUT2D eigenvalue weighted by atomic mass is 10.2. The fourth-order valence-corrected chi connectivity index (χ4v) is 1.49. The molecule has 0 saturated heterocycles. The topological polar surface area (TPSA) is 101 Å². The molecule has 0 fully saturated rings. The molecule has 0 amide bonds. The van der Waals surface area contributed by atoms with E-state index in [-0.39, 0.29) is 4.90 Å². The zero-order valence-electron chi connectivity index (χ0n) is 10.8. The SMILES string of the molecule is C[C@H](N)C(O)C(F)(F)F.Cc1ccc(S(=O)(=O)O)cc1. The summed E-state index contributed by atoms with van der Waals surface area (Å²) in [5, 5.41) is 8.21. The van der Waals surface area contributed by atoms with E-state index in [1.54, 1.807) is 12.1 Å². The van der Waals surface area contributed by atoms with Crippen LogP contribution in [0.1, 0.15) is 12.5 Å². The highest BCUT2D eigenvalue weighted by Crippen LogP contribution is 2.21. The lowest BCUT2D eigenvalue weighted by molar-refractivity contribution is -0.208. The van der Waals surface area contributed by atoms with Crippen LogP contribution in [-0.2, 0) is 10.1 Å². The second-order valence-corrected chi connectivity index (χ2v) is 5.56. The molecule has 1 rings (SSSR count). The molecule has 0 bridgehead atoms. The standard InChI is InChI=1S/C7H8O3S.C4H8F3NO/c1-6-2-4-7(5-3-6)11(8,9)10;1-2(8)3(9)4(5,6)7/h2-5H,1H3,(H,8,9,10);2-3,9H,8H2,1H3/t;2-,3?/m.0/s1. The van der Waals surface area contributed by atoms with E-state index in [1.807, 2.05) is 6.92 Å². The van der Waals surface area contributed by atoms with Gasteiger partial charge in [0.1, 0.15) is 0 Å². The summed E-state index contributed by atoms with van der Waals surface area (Å²) in [6.07, 6.45) is -6.99. The van der Waals surface area contributed by atoms with Gasteiger partial charge in [-0.2, -0.15) is 21.6 Å². The summed E-state index contributed by atoms with van der Waals surface area (Å²) in [6, 6.07) is 4.73. The van der Waals surface area contributed by atoms with E-state index in [0.717, 1.165) is 12.5 Å². The zero-order chi connectivity index (χ0) is 16.1. The van der Waals surface area contributed by atoms with Crippen LogP contribution in [0, 0.1) is 6.92 Å². The Morgan fingerprint density at radius 3 is 1.80 bits per heavy atom. The molecule has 0 radical (unpaired) electrons. The molecule has 20 heavy (non-hydrogen) atoms. The van der Waals surface area contributed by atoms with Gasteiger partial charge in [0.2, 0.25) is 0 Å². The molecule has 0 aliphatic carbocycles. The van der Waals surface area contributed by atoms with Gasteiger partial charge in [0.25, 0.3) is 10.1 Å². The van der Waals surface area contributed by atoms with Crippen LogP contribution in [0.25, 0.3) is 0 Å². The Hall–Kier alpha value is -1.16. The number of nitrogens with two attached hydrogens (primary N) is 1. The molecule has 0 saturated carbocycles. The van der Waals surface area contributed by atoms with Gasteiger partial charge in [0.05, 0.1) is 4.90 Å². The van der Waals surface area contributed by atoms with Crippen LogP contribution in [0.2, 0.25) is 0 Å². The number of hydrogen-bond donors (Lipinski definition) is 3. The Balaban J connectivity index is 0.000000370. The second-order valence-electron chi connectivity index (χ2n) is 4.13. The quantitative estimate of drug-likeness (QED) is 0.718. The Bertz CT molecular complexity index is 511. The maximum Gasteiger partial charge on any atom is 0.415 e. The summed E-state index contributed by atoms with van der Waals surface area (Å²) >= 11 is 0. The highest BCUT2D eigenvalue weighted by molar-refractivity contribution is 7.85. The molecule has 0 aromatic heterocycles. The van der Waals surface area contributed by atoms with E-state index in [2.05, 4.69) is 0 Å². The minimum absolute atomic E-state index is 0.0666. The Morgan fingerprint density at radius 1 is 1.20 bits per heavy atom. The van der Waals surface area contributed by atoms with Gasteiger partial charge in [-0.3, -0.25) is 4.55 Å². The number of halogens is 3. The minimum Gasteiger partial charge on any atom is -0.382 e. The summed E-state index contributed by atoms with van der Waals surface area (Å²) in [4.78, 5) is -0.0666. The monoisotopic (exact) mass is 315 g/mol. The van der Waals surface area contributed by atoms with Gasteiger partial charge in [0, 0.05) is 6.04 Å². The van der Waals surface area contributed by atoms with E-state index in [9.17, 15) is 21.6 Å². The molecule has 1 unspecified atom stereocenters. The fraction of sp³-hybridized carbons (Fsp3) is 0.455. The molecule has 4 N–H and O–H groups in total. The predicted molar refractivity (Wildman–Crippen MR) is 66.7 cm³/mol. The van der Waals surface area contributed by atoms with Crippen molar-refractivity contribution in [1.82, 2.24) is 0 Å². The van der Waals surface area contributed by atoms with Gasteiger partial charge in [-0.15, -0.1) is 0 Å². The summed E-state index contributed by atoms with van der Waals surface area (Å²) in [5.41, 5.74) is 5.71. The van der Waals surface area contributed by atoms with Crippen molar-refractivity contribution in [3.63, 3.8) is 0 Å². The van der Waals surface area contributed by atoms with Crippen LogP contribution in [0.3, 0.4) is 0 Å². The molecule has 0 aliphatic rings. The normalized spacial score (nSPS) is 15.0. The van der Waals surface area contributed by atoms with E-state index in [4.69, 9.17) is 15.4 Å². The summed E-state index contributed by atoms with van der Waals surface area (Å²) in [5.74, 6) is 0. The third kappa shape index (κ3) is 6.85. The molecule has 0 aliphatic heterocycles. The Morgan fingerprint density at radius 2 is 1.60 bits per heavy atom. The highest BCUT2D eigenvalue weighted by atomic mass is 32.2. The van der Waals surface area contributed by atoms with Gasteiger partial charge in [-0.25, -0.2) is 0 Å². The summed E-state index contributed by atoms with van der Waals surface area (Å²) in [7, 11) is -4.02. The molecule has 1 aromatic carbocycles. The molecule has 5 nitrogen and oxygen atoms in total. The number of rotatable bonds is 2. The second kappa shape index (κ2) is 7.02. The molecule has 2 atom stereocenters. The molecule has 0 heterocycles. The van der Waals surface area contributed by atoms with Gasteiger partial charge >= 0.3 is 6.18 Å². The minimum atomic E-state index is -4.59. The first-order valence-corrected chi connectivity index (χ1v) is 6.84. The molecule has 1 aromatic rings.